The van der Waals surface area contributed by atoms with Crippen LogP contribution < -0.4 is 15.4 Å². The number of carbonyl (C=O) groups excluding carboxylic acids is 2. The standard InChI is InChI=1S/C34H29FN6O3/c1-19-5-6-22(31(42)39-34(13-14-34)33-38-30(40-41-33)23-4-3-15-37-18-23)17-25(19)21-9-12-27-26(16-21)28(32(43)36-2)29(44-27)20-7-10-24(35)11-8-20/h3-12,15-18,28-29H,13-14H2,1-2H3,(H,36,43)(H,39,42)(H,38,40,41). The quantitative estimate of drug-likeness (QED) is 0.235. The van der Waals surface area contributed by atoms with E-state index in [1.807, 2.05) is 49.4 Å². The van der Waals surface area contributed by atoms with Gasteiger partial charge in [-0.15, -0.1) is 0 Å². The monoisotopic (exact) mass is 588 g/mol. The molecule has 0 bridgehead atoms. The fraction of sp³-hybridized carbons (Fsp3) is 0.206. The van der Waals surface area contributed by atoms with Crippen LogP contribution in [0.25, 0.3) is 22.5 Å². The van der Waals surface area contributed by atoms with Crippen molar-refractivity contribution in [3.8, 4) is 28.3 Å². The Kier molecular flexibility index (Phi) is 6.68. The number of halogens is 1. The van der Waals surface area contributed by atoms with Gasteiger partial charge in [-0.05, 0) is 90.6 Å². The first-order valence-electron chi connectivity index (χ1n) is 14.4. The van der Waals surface area contributed by atoms with Crippen molar-refractivity contribution in [3.63, 3.8) is 0 Å². The molecule has 3 heterocycles. The highest BCUT2D eigenvalue weighted by Gasteiger charge is 2.49. The topological polar surface area (TPSA) is 122 Å². The molecule has 0 saturated heterocycles. The van der Waals surface area contributed by atoms with E-state index in [0.29, 0.717) is 28.5 Å². The summed E-state index contributed by atoms with van der Waals surface area (Å²) in [7, 11) is 1.59. The van der Waals surface area contributed by atoms with Gasteiger partial charge in [-0.25, -0.2) is 9.37 Å². The fourth-order valence-electron chi connectivity index (χ4n) is 5.79. The molecule has 7 rings (SSSR count). The third kappa shape index (κ3) is 4.88. The molecule has 1 fully saturated rings. The fourth-order valence-corrected chi connectivity index (χ4v) is 5.79. The second-order valence-corrected chi connectivity index (χ2v) is 11.2. The van der Waals surface area contributed by atoms with Crippen molar-refractivity contribution >= 4 is 11.8 Å². The summed E-state index contributed by atoms with van der Waals surface area (Å²) in [6.45, 7) is 1.98. The van der Waals surface area contributed by atoms with Gasteiger partial charge in [0.15, 0.2) is 11.6 Å². The molecule has 2 unspecified atom stereocenters. The Morgan fingerprint density at radius 2 is 1.84 bits per heavy atom. The van der Waals surface area contributed by atoms with Crippen LogP contribution >= 0.6 is 0 Å². The van der Waals surface area contributed by atoms with Gasteiger partial charge in [-0.2, -0.15) is 5.10 Å². The number of benzene rings is 3. The van der Waals surface area contributed by atoms with Gasteiger partial charge in [0, 0.05) is 36.1 Å². The SMILES string of the molecule is CNC(=O)C1c2cc(-c3cc(C(=O)NC4(c5nc(-c6cccnc6)n[nH]5)CC4)ccc3C)ccc2OC1c1ccc(F)cc1. The van der Waals surface area contributed by atoms with E-state index in [-0.39, 0.29) is 17.6 Å². The number of nitrogens with zero attached hydrogens (tertiary/aromatic N) is 3. The molecule has 5 aromatic rings. The van der Waals surface area contributed by atoms with Crippen molar-refractivity contribution < 1.29 is 18.7 Å². The lowest BCUT2D eigenvalue weighted by atomic mass is 9.88. The second-order valence-electron chi connectivity index (χ2n) is 11.2. The zero-order valence-corrected chi connectivity index (χ0v) is 24.1. The first-order valence-corrected chi connectivity index (χ1v) is 14.4. The minimum atomic E-state index is -0.625. The molecule has 2 amide bonds. The van der Waals surface area contributed by atoms with Crippen molar-refractivity contribution in [1.82, 2.24) is 30.8 Å². The van der Waals surface area contributed by atoms with Gasteiger partial charge < -0.3 is 15.4 Å². The molecule has 9 nitrogen and oxygen atoms in total. The van der Waals surface area contributed by atoms with Crippen LogP contribution in [0.3, 0.4) is 0 Å². The molecule has 2 atom stereocenters. The maximum absolute atomic E-state index is 13.6. The normalized spacial score (nSPS) is 17.8. The van der Waals surface area contributed by atoms with E-state index in [2.05, 4.69) is 30.8 Å². The highest BCUT2D eigenvalue weighted by atomic mass is 19.1. The number of hydrogen-bond acceptors (Lipinski definition) is 6. The molecule has 0 radical (unpaired) electrons. The first-order chi connectivity index (χ1) is 21.3. The smallest absolute Gasteiger partial charge is 0.252 e. The zero-order chi connectivity index (χ0) is 30.4. The predicted octanol–water partition coefficient (Wildman–Crippen LogP) is 5.36. The number of aromatic nitrogens is 4. The highest BCUT2D eigenvalue weighted by molar-refractivity contribution is 5.96. The number of fused-ring (bicyclic) bond motifs is 1. The van der Waals surface area contributed by atoms with Gasteiger partial charge >= 0.3 is 0 Å². The third-order valence-corrected chi connectivity index (χ3v) is 8.40. The van der Waals surface area contributed by atoms with E-state index in [9.17, 15) is 14.0 Å². The number of amides is 2. The molecule has 2 aromatic heterocycles. The average molecular weight is 589 g/mol. The number of rotatable bonds is 7. The third-order valence-electron chi connectivity index (χ3n) is 8.40. The summed E-state index contributed by atoms with van der Waals surface area (Å²) >= 11 is 0. The Morgan fingerprint density at radius 1 is 1.02 bits per heavy atom. The summed E-state index contributed by atoms with van der Waals surface area (Å²) in [6.07, 6.45) is 4.30. The number of ether oxygens (including phenoxy) is 1. The zero-order valence-electron chi connectivity index (χ0n) is 24.1. The molecule has 3 aromatic carbocycles. The molecule has 1 saturated carbocycles. The van der Waals surface area contributed by atoms with Crippen LogP contribution in [0, 0.1) is 12.7 Å². The van der Waals surface area contributed by atoms with E-state index in [0.717, 1.165) is 40.7 Å². The number of aromatic amines is 1. The van der Waals surface area contributed by atoms with Crippen LogP contribution in [0.5, 0.6) is 5.75 Å². The summed E-state index contributed by atoms with van der Waals surface area (Å²) in [6, 6.07) is 21.0. The molecule has 1 aliphatic heterocycles. The summed E-state index contributed by atoms with van der Waals surface area (Å²) in [5.41, 5.74) is 4.84. The Morgan fingerprint density at radius 3 is 2.57 bits per heavy atom. The van der Waals surface area contributed by atoms with E-state index < -0.39 is 17.6 Å². The van der Waals surface area contributed by atoms with Crippen molar-refractivity contribution in [2.75, 3.05) is 7.05 Å². The van der Waals surface area contributed by atoms with Crippen LogP contribution in [0.15, 0.2) is 85.2 Å². The maximum atomic E-state index is 13.6. The second kappa shape index (κ2) is 10.7. The maximum Gasteiger partial charge on any atom is 0.252 e. The Balaban J connectivity index is 1.16. The molecule has 2 aliphatic rings. The van der Waals surface area contributed by atoms with Gasteiger partial charge in [-0.1, -0.05) is 24.3 Å². The van der Waals surface area contributed by atoms with E-state index in [1.54, 1.807) is 37.6 Å². The van der Waals surface area contributed by atoms with Crippen molar-refractivity contribution in [3.05, 3.63) is 119 Å². The average Bonchev–Trinajstić information content (AvgIpc) is 3.47. The number of aryl methyl sites for hydroxylation is 1. The Hall–Kier alpha value is -5.38. The number of nitrogens with one attached hydrogen (secondary N) is 3. The lowest BCUT2D eigenvalue weighted by Gasteiger charge is -2.18. The van der Waals surface area contributed by atoms with Gasteiger partial charge in [0.2, 0.25) is 5.91 Å². The molecular weight excluding hydrogens is 559 g/mol. The van der Waals surface area contributed by atoms with Crippen molar-refractivity contribution in [2.45, 2.75) is 37.3 Å². The number of likely N-dealkylation sites (N-methyl/N-ethyl adjacent to an activating group) is 1. The summed E-state index contributed by atoms with van der Waals surface area (Å²) < 4.78 is 19.8. The Bertz CT molecular complexity index is 1890. The minimum absolute atomic E-state index is 0.200. The largest absolute Gasteiger partial charge is 0.484 e. The lowest BCUT2D eigenvalue weighted by molar-refractivity contribution is -0.123. The minimum Gasteiger partial charge on any atom is -0.484 e. The van der Waals surface area contributed by atoms with Crippen LogP contribution in [0.1, 0.15) is 57.7 Å². The molecule has 3 N–H and O–H groups in total. The van der Waals surface area contributed by atoms with E-state index in [4.69, 9.17) is 4.74 Å². The predicted molar refractivity (Wildman–Crippen MR) is 161 cm³/mol. The molecule has 1 aliphatic carbocycles. The molecular formula is C34H29FN6O3. The molecule has 220 valence electrons. The Labute approximate surface area is 252 Å². The van der Waals surface area contributed by atoms with Gasteiger partial charge in [-0.3, -0.25) is 19.7 Å². The van der Waals surface area contributed by atoms with Gasteiger partial charge in [0.1, 0.15) is 23.6 Å². The van der Waals surface area contributed by atoms with Crippen LogP contribution in [0.4, 0.5) is 4.39 Å². The number of pyridine rings is 1. The lowest BCUT2D eigenvalue weighted by Crippen LogP contribution is -2.35. The molecule has 44 heavy (non-hydrogen) atoms. The van der Waals surface area contributed by atoms with Gasteiger partial charge in [0.25, 0.3) is 5.91 Å². The summed E-state index contributed by atoms with van der Waals surface area (Å²) in [4.78, 5) is 35.4. The highest BCUT2D eigenvalue weighted by Crippen LogP contribution is 2.48. The first kappa shape index (κ1) is 27.5. The van der Waals surface area contributed by atoms with Crippen LogP contribution in [-0.2, 0) is 10.3 Å². The van der Waals surface area contributed by atoms with Crippen LogP contribution in [-0.4, -0.2) is 39.0 Å². The number of hydrogen-bond donors (Lipinski definition) is 3. The van der Waals surface area contributed by atoms with Crippen LogP contribution in [0.2, 0.25) is 0 Å². The van der Waals surface area contributed by atoms with E-state index in [1.165, 1.54) is 12.1 Å². The van der Waals surface area contributed by atoms with Gasteiger partial charge in [0.05, 0.1) is 5.54 Å². The molecule has 0 spiro atoms. The van der Waals surface area contributed by atoms with Crippen molar-refractivity contribution in [2.24, 2.45) is 0 Å². The van der Waals surface area contributed by atoms with Crippen molar-refractivity contribution in [1.29, 1.82) is 0 Å². The summed E-state index contributed by atoms with van der Waals surface area (Å²) in [5.74, 6) is 0.346. The molecule has 10 heteroatoms. The van der Waals surface area contributed by atoms with E-state index >= 15 is 0 Å². The number of carbonyl (C=O) groups is 2. The number of H-pyrrole nitrogens is 1. The summed E-state index contributed by atoms with van der Waals surface area (Å²) in [5, 5.41) is 13.3.